The van der Waals surface area contributed by atoms with Crippen molar-refractivity contribution in [2.75, 3.05) is 31.9 Å². The van der Waals surface area contributed by atoms with Crippen LogP contribution in [-0.4, -0.2) is 79.8 Å². The number of nitrogen functional groups attached to an aromatic ring is 1. The van der Waals surface area contributed by atoms with E-state index in [-0.39, 0.29) is 31.4 Å². The summed E-state index contributed by atoms with van der Waals surface area (Å²) in [7, 11) is 0. The van der Waals surface area contributed by atoms with Crippen LogP contribution in [0.5, 0.6) is 0 Å². The van der Waals surface area contributed by atoms with Crippen molar-refractivity contribution < 1.29 is 23.0 Å². The monoisotopic (exact) mass is 492 g/mol. The summed E-state index contributed by atoms with van der Waals surface area (Å²) in [4.78, 5) is 24.4. The molecule has 0 radical (unpaired) electrons. The average Bonchev–Trinajstić information content (AvgIpc) is 3.44. The Balaban J connectivity index is 1.25. The van der Waals surface area contributed by atoms with E-state index in [9.17, 15) is 13.6 Å². The Hall–Kier alpha value is -2.53. The first-order valence-corrected chi connectivity index (χ1v) is 12.3. The summed E-state index contributed by atoms with van der Waals surface area (Å²) in [5.41, 5.74) is 5.44. The second kappa shape index (κ2) is 8.55. The molecule has 0 saturated carbocycles. The molecule has 3 saturated heterocycles. The predicted molar refractivity (Wildman–Crippen MR) is 126 cm³/mol. The van der Waals surface area contributed by atoms with E-state index >= 15 is 0 Å². The summed E-state index contributed by atoms with van der Waals surface area (Å²) in [6, 6.07) is 1.87. The van der Waals surface area contributed by atoms with Gasteiger partial charge in [0.15, 0.2) is 0 Å². The van der Waals surface area contributed by atoms with Crippen molar-refractivity contribution >= 4 is 22.9 Å². The van der Waals surface area contributed by atoms with Gasteiger partial charge in [0.25, 0.3) is 5.92 Å². The van der Waals surface area contributed by atoms with Gasteiger partial charge < -0.3 is 24.7 Å². The normalized spacial score (nSPS) is 26.6. The van der Waals surface area contributed by atoms with Gasteiger partial charge in [-0.05, 0) is 52.5 Å². The number of likely N-dealkylation sites (tertiary alicyclic amines) is 2. The van der Waals surface area contributed by atoms with Crippen LogP contribution in [0.1, 0.15) is 59.1 Å². The maximum absolute atomic E-state index is 14.7. The van der Waals surface area contributed by atoms with E-state index in [0.717, 1.165) is 18.2 Å². The van der Waals surface area contributed by atoms with Crippen LogP contribution >= 0.6 is 0 Å². The lowest BCUT2D eigenvalue weighted by Gasteiger charge is -2.45. The lowest BCUT2D eigenvalue weighted by Crippen LogP contribution is -2.55. The van der Waals surface area contributed by atoms with Crippen LogP contribution in [-0.2, 0) is 9.47 Å². The van der Waals surface area contributed by atoms with Crippen LogP contribution in [0.4, 0.5) is 19.4 Å². The van der Waals surface area contributed by atoms with E-state index in [2.05, 4.69) is 9.97 Å². The molecule has 2 atom stereocenters. The third kappa shape index (κ3) is 4.80. The number of carbonyl (C=O) groups excluding carboxylic acids is 1. The zero-order chi connectivity index (χ0) is 25.0. The molecular formula is C24H34F2N6O3. The molecule has 2 aromatic rings. The number of amides is 1. The van der Waals surface area contributed by atoms with Crippen LogP contribution < -0.4 is 5.73 Å². The van der Waals surface area contributed by atoms with Crippen molar-refractivity contribution in [3.8, 4) is 0 Å². The summed E-state index contributed by atoms with van der Waals surface area (Å²) in [6.07, 6.45) is 4.90. The molecule has 5 heterocycles. The third-order valence-corrected chi connectivity index (χ3v) is 7.39. The minimum atomic E-state index is -2.75. The quantitative estimate of drug-likeness (QED) is 0.696. The number of anilines is 1. The number of carbonyl (C=O) groups is 1. The summed E-state index contributed by atoms with van der Waals surface area (Å²) in [5.74, 6) is -2.33. The van der Waals surface area contributed by atoms with Gasteiger partial charge in [-0.1, -0.05) is 0 Å². The Morgan fingerprint density at radius 1 is 1.26 bits per heavy atom. The fourth-order valence-electron chi connectivity index (χ4n) is 5.77. The van der Waals surface area contributed by atoms with E-state index in [1.807, 2.05) is 42.5 Å². The van der Waals surface area contributed by atoms with E-state index in [1.165, 1.54) is 6.33 Å². The summed E-state index contributed by atoms with van der Waals surface area (Å²) in [6.45, 7) is 6.45. The molecule has 5 rings (SSSR count). The molecule has 3 aliphatic heterocycles. The molecule has 3 fully saturated rings. The molecule has 0 bridgehead atoms. The summed E-state index contributed by atoms with van der Waals surface area (Å²) in [5, 5.41) is 0.773. The van der Waals surface area contributed by atoms with E-state index in [0.29, 0.717) is 43.9 Å². The smallest absolute Gasteiger partial charge is 0.410 e. The maximum atomic E-state index is 14.7. The first kappa shape index (κ1) is 24.2. The number of fused-ring (bicyclic) bond motifs is 1. The molecule has 35 heavy (non-hydrogen) atoms. The highest BCUT2D eigenvalue weighted by atomic mass is 19.3. The zero-order valence-electron chi connectivity index (χ0n) is 20.5. The van der Waals surface area contributed by atoms with Crippen molar-refractivity contribution in [3.05, 3.63) is 18.6 Å². The number of hydrogen-bond acceptors (Lipinski definition) is 7. The number of alkyl halides is 2. The summed E-state index contributed by atoms with van der Waals surface area (Å²) < 4.78 is 43.1. The van der Waals surface area contributed by atoms with Crippen molar-refractivity contribution in [2.24, 2.45) is 0 Å². The lowest BCUT2D eigenvalue weighted by molar-refractivity contribution is -0.0376. The van der Waals surface area contributed by atoms with Gasteiger partial charge in [0.05, 0.1) is 18.0 Å². The number of rotatable bonds is 3. The molecule has 2 N–H and O–H groups in total. The number of halogens is 2. The minimum absolute atomic E-state index is 0.161. The van der Waals surface area contributed by atoms with Gasteiger partial charge in [-0.15, -0.1) is 0 Å². The molecule has 0 aliphatic carbocycles. The highest BCUT2D eigenvalue weighted by Gasteiger charge is 2.56. The highest BCUT2D eigenvalue weighted by molar-refractivity contribution is 5.86. The predicted octanol–water partition coefficient (Wildman–Crippen LogP) is 3.80. The fraction of sp³-hybridized carbons (Fsp3) is 0.708. The topological polar surface area (TPSA) is 98.7 Å². The number of hydrogen-bond donors (Lipinski definition) is 1. The molecule has 3 aliphatic rings. The molecule has 1 amide bonds. The number of aromatic nitrogens is 3. The van der Waals surface area contributed by atoms with Gasteiger partial charge in [-0.2, -0.15) is 0 Å². The Morgan fingerprint density at radius 2 is 2.00 bits per heavy atom. The SMILES string of the molecule is CC(C)(C)OC(=O)N1CCC2(CC1)CC(F)(F)CN2CC1CCC(n2ccc3c(N)ncnc32)O1. The molecular weight excluding hydrogens is 458 g/mol. The minimum Gasteiger partial charge on any atom is -0.444 e. The van der Waals surface area contributed by atoms with E-state index in [1.54, 1.807) is 4.90 Å². The second-order valence-electron chi connectivity index (χ2n) is 11.1. The van der Waals surface area contributed by atoms with E-state index in [4.69, 9.17) is 15.2 Å². The third-order valence-electron chi connectivity index (χ3n) is 7.39. The van der Waals surface area contributed by atoms with Crippen LogP contribution in [0.15, 0.2) is 18.6 Å². The molecule has 1 spiro atoms. The summed E-state index contributed by atoms with van der Waals surface area (Å²) >= 11 is 0. The van der Waals surface area contributed by atoms with Gasteiger partial charge in [0.1, 0.15) is 29.6 Å². The lowest BCUT2D eigenvalue weighted by atomic mass is 9.84. The number of nitrogens with zero attached hydrogens (tertiary/aromatic N) is 5. The Morgan fingerprint density at radius 3 is 2.71 bits per heavy atom. The first-order chi connectivity index (χ1) is 16.4. The second-order valence-corrected chi connectivity index (χ2v) is 11.1. The number of piperidine rings is 1. The maximum Gasteiger partial charge on any atom is 0.410 e. The standard InChI is InChI=1S/C24H34F2N6O3/c1-22(2,3)35-21(33)30-10-7-23(8-11-30)13-24(25,26)14-31(23)12-16-4-5-18(34-16)32-9-6-17-19(27)28-15-29-20(17)32/h6,9,15-16,18H,4-5,7-8,10-14H2,1-3H3,(H2,27,28,29). The fourth-order valence-corrected chi connectivity index (χ4v) is 5.77. The van der Waals surface area contributed by atoms with Gasteiger partial charge in [-0.25, -0.2) is 23.5 Å². The number of ether oxygens (including phenoxy) is 2. The highest BCUT2D eigenvalue weighted by Crippen LogP contribution is 2.46. The van der Waals surface area contributed by atoms with Gasteiger partial charge in [0, 0.05) is 37.8 Å². The average molecular weight is 493 g/mol. The van der Waals surface area contributed by atoms with Crippen LogP contribution in [0.2, 0.25) is 0 Å². The largest absolute Gasteiger partial charge is 0.444 e. The van der Waals surface area contributed by atoms with Gasteiger partial charge in [-0.3, -0.25) is 4.90 Å². The van der Waals surface area contributed by atoms with Gasteiger partial charge in [0.2, 0.25) is 0 Å². The molecule has 11 heteroatoms. The van der Waals surface area contributed by atoms with Crippen LogP contribution in [0, 0.1) is 0 Å². The van der Waals surface area contributed by atoms with Gasteiger partial charge >= 0.3 is 6.09 Å². The van der Waals surface area contributed by atoms with Crippen molar-refractivity contribution in [1.29, 1.82) is 0 Å². The molecule has 0 aromatic carbocycles. The van der Waals surface area contributed by atoms with Crippen molar-refractivity contribution in [3.63, 3.8) is 0 Å². The zero-order valence-corrected chi connectivity index (χ0v) is 20.5. The first-order valence-electron chi connectivity index (χ1n) is 12.3. The molecule has 2 unspecified atom stereocenters. The Kier molecular flexibility index (Phi) is 5.90. The van der Waals surface area contributed by atoms with Crippen LogP contribution in [0.3, 0.4) is 0 Å². The Labute approximate surface area is 203 Å². The Bertz CT molecular complexity index is 1090. The van der Waals surface area contributed by atoms with Crippen molar-refractivity contribution in [2.45, 2.75) is 82.3 Å². The van der Waals surface area contributed by atoms with Crippen molar-refractivity contribution in [1.82, 2.24) is 24.3 Å². The van der Waals surface area contributed by atoms with E-state index < -0.39 is 17.1 Å². The molecule has 2 aromatic heterocycles. The molecule has 192 valence electrons. The number of nitrogens with two attached hydrogens (primary N) is 1. The van der Waals surface area contributed by atoms with Crippen LogP contribution in [0.25, 0.3) is 11.0 Å². The molecule has 9 nitrogen and oxygen atoms in total.